The number of hydrogen-bond acceptors (Lipinski definition) is 3. The Kier molecular flexibility index (Phi) is 7.81. The van der Waals surface area contributed by atoms with Crippen molar-refractivity contribution in [1.82, 2.24) is 10.2 Å². The lowest BCUT2D eigenvalue weighted by molar-refractivity contribution is -0.139. The molecule has 0 unspecified atom stereocenters. The minimum atomic E-state index is -1.09. The number of nitrogens with one attached hydrogen (secondary N) is 1. The van der Waals surface area contributed by atoms with Crippen molar-refractivity contribution in [3.8, 4) is 0 Å². The van der Waals surface area contributed by atoms with Crippen molar-refractivity contribution >= 4 is 17.8 Å². The van der Waals surface area contributed by atoms with E-state index in [4.69, 9.17) is 5.11 Å². The highest BCUT2D eigenvalue weighted by Gasteiger charge is 2.17. The minimum Gasteiger partial charge on any atom is -0.481 e. The number of aliphatic carboxylic acids is 1. The number of carboxylic acid groups (broad SMARTS) is 1. The summed E-state index contributed by atoms with van der Waals surface area (Å²) in [5.41, 5.74) is 0.326. The minimum absolute atomic E-state index is 0.0764. The number of rotatable bonds is 9. The Morgan fingerprint density at radius 2 is 1.88 bits per heavy atom. The van der Waals surface area contributed by atoms with Crippen LogP contribution < -0.4 is 5.32 Å². The predicted molar refractivity (Wildman–Crippen MR) is 81.9 cm³/mol. The average Bonchev–Trinajstić information content (AvgIpc) is 2.52. The highest BCUT2D eigenvalue weighted by Crippen LogP contribution is 2.11. The molecule has 0 fully saturated rings. The number of hydrogen-bond donors (Lipinski definition) is 2. The molecule has 1 aromatic rings. The van der Waals surface area contributed by atoms with Crippen LogP contribution in [0.3, 0.4) is 0 Å². The molecule has 0 saturated heterocycles. The first kappa shape index (κ1) is 19.5. The third kappa shape index (κ3) is 6.72. The van der Waals surface area contributed by atoms with Gasteiger partial charge in [-0.15, -0.1) is 0 Å². The van der Waals surface area contributed by atoms with E-state index in [2.05, 4.69) is 5.32 Å². The number of carbonyl (C=O) groups excluding carboxylic acids is 2. The lowest BCUT2D eigenvalue weighted by Crippen LogP contribution is -2.40. The third-order valence-electron chi connectivity index (χ3n) is 3.22. The lowest BCUT2D eigenvalue weighted by atomic mass is 10.2. The normalized spacial score (nSPS) is 10.3. The van der Waals surface area contributed by atoms with Crippen LogP contribution in [0.1, 0.15) is 31.7 Å². The van der Waals surface area contributed by atoms with Crippen molar-refractivity contribution in [1.29, 1.82) is 0 Å². The molecule has 2 N–H and O–H groups in total. The molecule has 0 atom stereocenters. The van der Waals surface area contributed by atoms with Gasteiger partial charge in [0.2, 0.25) is 11.8 Å². The van der Waals surface area contributed by atoms with E-state index >= 15 is 0 Å². The summed E-state index contributed by atoms with van der Waals surface area (Å²) in [6.45, 7) is 1.37. The molecule has 0 aromatic heterocycles. The van der Waals surface area contributed by atoms with E-state index in [9.17, 15) is 23.2 Å². The van der Waals surface area contributed by atoms with Gasteiger partial charge in [-0.05, 0) is 24.1 Å². The Balaban J connectivity index is 2.74. The fraction of sp³-hybridized carbons (Fsp3) is 0.438. The fourth-order valence-corrected chi connectivity index (χ4v) is 1.98. The molecule has 0 spiro atoms. The van der Waals surface area contributed by atoms with Crippen LogP contribution in [-0.4, -0.2) is 40.9 Å². The summed E-state index contributed by atoms with van der Waals surface area (Å²) in [7, 11) is 0. The van der Waals surface area contributed by atoms with E-state index in [1.165, 1.54) is 11.0 Å². The first-order valence-electron chi connectivity index (χ1n) is 7.53. The van der Waals surface area contributed by atoms with Gasteiger partial charge in [0.1, 0.15) is 0 Å². The van der Waals surface area contributed by atoms with E-state index in [-0.39, 0.29) is 38.4 Å². The number of carbonyl (C=O) groups is 3. The molecule has 0 aliphatic heterocycles. The Hall–Kier alpha value is -2.51. The monoisotopic (exact) mass is 342 g/mol. The molecule has 6 nitrogen and oxygen atoms in total. The van der Waals surface area contributed by atoms with Gasteiger partial charge >= 0.3 is 5.97 Å². The second kappa shape index (κ2) is 9.59. The molecular formula is C16H20F2N2O4. The van der Waals surface area contributed by atoms with E-state index < -0.39 is 23.5 Å². The molecule has 24 heavy (non-hydrogen) atoms. The Morgan fingerprint density at radius 1 is 1.17 bits per heavy atom. The summed E-state index contributed by atoms with van der Waals surface area (Å²) in [6.07, 6.45) is 0.626. The van der Waals surface area contributed by atoms with Crippen molar-refractivity contribution < 1.29 is 28.3 Å². The van der Waals surface area contributed by atoms with Crippen LogP contribution in [-0.2, 0) is 20.9 Å². The average molecular weight is 342 g/mol. The number of benzene rings is 1. The van der Waals surface area contributed by atoms with Crippen molar-refractivity contribution in [2.75, 3.05) is 13.1 Å². The maximum absolute atomic E-state index is 13.3. The summed E-state index contributed by atoms with van der Waals surface area (Å²) in [6, 6.07) is 3.20. The van der Waals surface area contributed by atoms with Gasteiger partial charge in [-0.25, -0.2) is 8.78 Å². The summed E-state index contributed by atoms with van der Waals surface area (Å²) < 4.78 is 26.2. The van der Waals surface area contributed by atoms with Crippen LogP contribution in [0.2, 0.25) is 0 Å². The number of amides is 2. The maximum atomic E-state index is 13.3. The molecule has 1 rings (SSSR count). The Labute approximate surface area is 138 Å². The Morgan fingerprint density at radius 3 is 2.46 bits per heavy atom. The van der Waals surface area contributed by atoms with Gasteiger partial charge in [-0.3, -0.25) is 14.4 Å². The van der Waals surface area contributed by atoms with E-state index in [1.54, 1.807) is 0 Å². The van der Waals surface area contributed by atoms with Gasteiger partial charge in [0.05, 0.1) is 13.0 Å². The Bertz CT molecular complexity index is 608. The van der Waals surface area contributed by atoms with Gasteiger partial charge in [0.15, 0.2) is 11.6 Å². The molecule has 8 heteroatoms. The predicted octanol–water partition coefficient (Wildman–Crippen LogP) is 1.68. The van der Waals surface area contributed by atoms with Gasteiger partial charge in [0, 0.05) is 19.5 Å². The molecule has 132 valence electrons. The molecule has 0 aliphatic rings. The van der Waals surface area contributed by atoms with Crippen LogP contribution in [0.15, 0.2) is 18.2 Å². The molecule has 0 radical (unpaired) electrons. The summed E-state index contributed by atoms with van der Waals surface area (Å²) in [4.78, 5) is 35.5. The van der Waals surface area contributed by atoms with Crippen molar-refractivity contribution in [3.63, 3.8) is 0 Å². The second-order valence-corrected chi connectivity index (χ2v) is 5.23. The molecule has 2 amide bonds. The zero-order valence-electron chi connectivity index (χ0n) is 13.3. The van der Waals surface area contributed by atoms with Gasteiger partial charge in [-0.1, -0.05) is 13.0 Å². The maximum Gasteiger partial charge on any atom is 0.305 e. The highest BCUT2D eigenvalue weighted by molar-refractivity contribution is 5.84. The summed E-state index contributed by atoms with van der Waals surface area (Å²) >= 11 is 0. The quantitative estimate of drug-likeness (QED) is 0.715. The van der Waals surface area contributed by atoms with E-state index in [1.807, 2.05) is 6.92 Å². The zero-order chi connectivity index (χ0) is 18.1. The first-order valence-corrected chi connectivity index (χ1v) is 7.53. The fourth-order valence-electron chi connectivity index (χ4n) is 1.98. The van der Waals surface area contributed by atoms with Gasteiger partial charge < -0.3 is 15.3 Å². The molecule has 0 bridgehead atoms. The molecule has 0 heterocycles. The van der Waals surface area contributed by atoms with Crippen molar-refractivity contribution in [2.45, 2.75) is 32.7 Å². The van der Waals surface area contributed by atoms with Crippen molar-refractivity contribution in [3.05, 3.63) is 35.4 Å². The van der Waals surface area contributed by atoms with Crippen LogP contribution in [0.5, 0.6) is 0 Å². The largest absolute Gasteiger partial charge is 0.481 e. The van der Waals surface area contributed by atoms with E-state index in [0.717, 1.165) is 12.1 Å². The second-order valence-electron chi connectivity index (χ2n) is 5.23. The molecular weight excluding hydrogens is 322 g/mol. The first-order chi connectivity index (χ1) is 11.3. The smallest absolute Gasteiger partial charge is 0.305 e. The SMILES string of the molecule is CCCC(=O)NCC(=O)N(CCC(=O)O)Cc1ccc(F)c(F)c1. The van der Waals surface area contributed by atoms with Crippen LogP contribution in [0.25, 0.3) is 0 Å². The van der Waals surface area contributed by atoms with Gasteiger partial charge in [-0.2, -0.15) is 0 Å². The topological polar surface area (TPSA) is 86.7 Å². The van der Waals surface area contributed by atoms with Crippen molar-refractivity contribution in [2.24, 2.45) is 0 Å². The lowest BCUT2D eigenvalue weighted by Gasteiger charge is -2.22. The number of nitrogens with zero attached hydrogens (tertiary/aromatic N) is 1. The number of halogens is 2. The number of carboxylic acids is 1. The zero-order valence-corrected chi connectivity index (χ0v) is 13.3. The molecule has 0 saturated carbocycles. The highest BCUT2D eigenvalue weighted by atomic mass is 19.2. The third-order valence-corrected chi connectivity index (χ3v) is 3.22. The standard InChI is InChI=1S/C16H20F2N2O4/c1-2-3-14(21)19-9-15(22)20(7-6-16(23)24)10-11-4-5-12(17)13(18)8-11/h4-5,8H,2-3,6-7,9-10H2,1H3,(H,19,21)(H,23,24). The van der Waals surface area contributed by atoms with E-state index in [0.29, 0.717) is 12.0 Å². The summed E-state index contributed by atoms with van der Waals surface area (Å²) in [5.74, 6) is -3.92. The van der Waals surface area contributed by atoms with Crippen LogP contribution in [0.4, 0.5) is 8.78 Å². The molecule has 0 aliphatic carbocycles. The van der Waals surface area contributed by atoms with Crippen LogP contribution in [0, 0.1) is 11.6 Å². The molecule has 1 aromatic carbocycles. The van der Waals surface area contributed by atoms with Crippen LogP contribution >= 0.6 is 0 Å². The summed E-state index contributed by atoms with van der Waals surface area (Å²) in [5, 5.41) is 11.2. The van der Waals surface area contributed by atoms with Gasteiger partial charge in [0.25, 0.3) is 0 Å².